The number of likely N-dealkylation sites (N-methyl/N-ethyl adjacent to an activating group) is 2. The Morgan fingerprint density at radius 3 is 1.37 bits per heavy atom. The summed E-state index contributed by atoms with van der Waals surface area (Å²) in [4.78, 5) is 19.6. The summed E-state index contributed by atoms with van der Waals surface area (Å²) in [5.74, 6) is 1.23. The van der Waals surface area contributed by atoms with Crippen molar-refractivity contribution in [2.45, 2.75) is 127 Å². The van der Waals surface area contributed by atoms with Crippen LogP contribution in [-0.2, 0) is 20.6 Å². The quantitative estimate of drug-likeness (QED) is 0.371. The number of ether oxygens (including phenoxy) is 2. The van der Waals surface area contributed by atoms with Gasteiger partial charge < -0.3 is 20.9 Å². The fourth-order valence-corrected chi connectivity index (χ4v) is 8.27. The van der Waals surface area contributed by atoms with Crippen molar-refractivity contribution in [1.29, 1.82) is 0 Å². The highest BCUT2D eigenvalue weighted by atomic mass is 35.5. The number of hydrogen-bond acceptors (Lipinski definition) is 9. The molecule has 1 aromatic heterocycles. The van der Waals surface area contributed by atoms with E-state index in [-0.39, 0.29) is 28.2 Å². The number of likely N-dealkylation sites (tertiary alicyclic amines) is 2. The van der Waals surface area contributed by atoms with Gasteiger partial charge in [-0.1, -0.05) is 0 Å². The lowest BCUT2D eigenvalue weighted by molar-refractivity contribution is -0.108. The third-order valence-electron chi connectivity index (χ3n) is 11.4. The molecule has 2 aliphatic heterocycles. The molecule has 0 radical (unpaired) electrons. The summed E-state index contributed by atoms with van der Waals surface area (Å²) in [5, 5.41) is 0.137. The molecule has 4 unspecified atom stereocenters. The van der Waals surface area contributed by atoms with Crippen molar-refractivity contribution >= 4 is 11.6 Å². The van der Waals surface area contributed by atoms with Crippen LogP contribution in [0.2, 0.25) is 5.28 Å². The molecule has 3 rings (SSSR count). The van der Waals surface area contributed by atoms with E-state index in [1.165, 1.54) is 0 Å². The van der Waals surface area contributed by atoms with E-state index in [9.17, 15) is 0 Å². The molecule has 0 bridgehead atoms. The highest BCUT2D eigenvalue weighted by Gasteiger charge is 2.63. The van der Waals surface area contributed by atoms with Gasteiger partial charge in [-0.3, -0.25) is 9.80 Å². The Kier molecular flexibility index (Phi) is 10.00. The van der Waals surface area contributed by atoms with E-state index in [0.717, 1.165) is 38.5 Å². The molecule has 10 heteroatoms. The largest absolute Gasteiger partial charge is 0.385 e. The van der Waals surface area contributed by atoms with E-state index in [2.05, 4.69) is 79.3 Å². The highest BCUT2D eigenvalue weighted by molar-refractivity contribution is 6.28. The van der Waals surface area contributed by atoms with E-state index in [0.29, 0.717) is 24.9 Å². The molecular weight excluding hydrogens is 538 g/mol. The van der Waals surface area contributed by atoms with Crippen molar-refractivity contribution in [3.8, 4) is 0 Å². The number of hydrogen-bond donors (Lipinski definition) is 2. The van der Waals surface area contributed by atoms with Gasteiger partial charge in [-0.15, -0.1) is 0 Å². The second-order valence-corrected chi connectivity index (χ2v) is 15.3. The van der Waals surface area contributed by atoms with E-state index in [4.69, 9.17) is 47.5 Å². The Hall–Kier alpha value is -0.940. The van der Waals surface area contributed by atoms with Crippen LogP contribution in [-0.4, -0.2) is 88.4 Å². The third-order valence-corrected chi connectivity index (χ3v) is 11.6. The first-order valence-corrected chi connectivity index (χ1v) is 15.6. The van der Waals surface area contributed by atoms with Crippen molar-refractivity contribution in [3.63, 3.8) is 0 Å². The van der Waals surface area contributed by atoms with Gasteiger partial charge in [0, 0.05) is 49.6 Å². The second-order valence-electron chi connectivity index (χ2n) is 14.9. The molecule has 0 aromatic carbocycles. The van der Waals surface area contributed by atoms with Crippen molar-refractivity contribution < 1.29 is 9.47 Å². The Morgan fingerprint density at radius 1 is 0.707 bits per heavy atom. The van der Waals surface area contributed by atoms with Gasteiger partial charge in [0.15, 0.2) is 11.6 Å². The van der Waals surface area contributed by atoms with Crippen molar-refractivity contribution in [3.05, 3.63) is 16.9 Å². The molecule has 0 saturated carbocycles. The molecule has 41 heavy (non-hydrogen) atoms. The first kappa shape index (κ1) is 34.5. The maximum atomic E-state index is 7.62. The van der Waals surface area contributed by atoms with Crippen LogP contribution in [0.5, 0.6) is 0 Å². The van der Waals surface area contributed by atoms with Gasteiger partial charge in [-0.2, -0.15) is 0 Å². The number of nitrogens with zero attached hydrogens (tertiary/aromatic N) is 5. The van der Waals surface area contributed by atoms with Gasteiger partial charge in [0.25, 0.3) is 0 Å². The minimum absolute atomic E-state index is 0.0645. The fraction of sp³-hybridized carbons (Fsp3) is 0.903. The Labute approximate surface area is 254 Å². The summed E-state index contributed by atoms with van der Waals surface area (Å²) < 4.78 is 10.8. The van der Waals surface area contributed by atoms with Crippen LogP contribution >= 0.6 is 11.6 Å². The van der Waals surface area contributed by atoms with E-state index in [1.807, 2.05) is 0 Å². The molecule has 2 saturated heterocycles. The summed E-state index contributed by atoms with van der Waals surface area (Å²) in [5.41, 5.74) is 12.3. The summed E-state index contributed by atoms with van der Waals surface area (Å²) >= 11 is 6.79. The molecule has 9 nitrogen and oxygen atoms in total. The second kappa shape index (κ2) is 11.9. The van der Waals surface area contributed by atoms with Gasteiger partial charge in [-0.05, 0) is 131 Å². The van der Waals surface area contributed by atoms with Crippen LogP contribution < -0.4 is 11.5 Å². The number of halogens is 1. The van der Waals surface area contributed by atoms with Crippen LogP contribution in [0.4, 0.5) is 0 Å². The van der Waals surface area contributed by atoms with Crippen LogP contribution in [0.25, 0.3) is 0 Å². The zero-order valence-corrected chi connectivity index (χ0v) is 28.7. The molecule has 236 valence electrons. The summed E-state index contributed by atoms with van der Waals surface area (Å²) in [6.45, 7) is 19.3. The lowest BCUT2D eigenvalue weighted by Crippen LogP contribution is -2.75. The van der Waals surface area contributed by atoms with E-state index in [1.54, 1.807) is 14.2 Å². The maximum absolute atomic E-state index is 7.62. The molecule has 0 amide bonds. The van der Waals surface area contributed by atoms with Crippen molar-refractivity contribution in [2.75, 3.05) is 41.5 Å². The Balaban J connectivity index is 2.24. The average Bonchev–Trinajstić information content (AvgIpc) is 2.88. The van der Waals surface area contributed by atoms with Gasteiger partial charge in [-0.25, -0.2) is 15.0 Å². The number of nitrogens with two attached hydrogens (primary N) is 2. The number of piperidine rings is 2. The lowest BCUT2D eigenvalue weighted by atomic mass is 9.59. The molecular formula is C31H58ClN7O2. The number of aromatic nitrogens is 3. The summed E-state index contributed by atoms with van der Waals surface area (Å²) in [6.07, 6.45) is 5.36. The van der Waals surface area contributed by atoms with Crippen LogP contribution in [0, 0.1) is 11.8 Å². The topological polar surface area (TPSA) is 116 Å². The smallest absolute Gasteiger partial charge is 0.226 e. The van der Waals surface area contributed by atoms with Crippen molar-refractivity contribution in [2.24, 2.45) is 23.3 Å². The fourth-order valence-electron chi connectivity index (χ4n) is 8.11. The molecule has 3 heterocycles. The Bertz CT molecular complexity index is 987. The van der Waals surface area contributed by atoms with Crippen LogP contribution in [0.1, 0.15) is 106 Å². The molecule has 2 fully saturated rings. The van der Waals surface area contributed by atoms with E-state index < -0.39 is 22.2 Å². The summed E-state index contributed by atoms with van der Waals surface area (Å²) in [6, 6.07) is 0. The molecule has 2 aliphatic rings. The third kappa shape index (κ3) is 5.69. The Morgan fingerprint density at radius 2 is 1.05 bits per heavy atom. The first-order valence-electron chi connectivity index (χ1n) is 15.2. The standard InChI is InChI=1S/C31H58ClN7O2/c1-26(2)19-21(15-13-17-40-11)30(33,28(5,6)38(26)9)23-35-24(37-25(32)36-23)31(34)22(16-14-18-41-12)20-27(3,4)39(10)29(31,7)8/h21-22H,13-20,33-34H2,1-12H3. The number of methoxy groups -OCH3 is 2. The summed E-state index contributed by atoms with van der Waals surface area (Å²) in [7, 11) is 7.77. The van der Waals surface area contributed by atoms with Gasteiger partial charge in [0.1, 0.15) is 0 Å². The normalized spacial score (nSPS) is 33.1. The van der Waals surface area contributed by atoms with E-state index >= 15 is 0 Å². The van der Waals surface area contributed by atoms with Crippen molar-refractivity contribution in [1.82, 2.24) is 24.8 Å². The SMILES string of the molecule is COCCCC1CC(C)(C)N(C)C(C)(C)C1(N)c1nc(Cl)nc(C2(N)C(CCCOC)CC(C)(C)N(C)C2(C)C)n1. The number of rotatable bonds is 10. The predicted molar refractivity (Wildman–Crippen MR) is 167 cm³/mol. The zero-order chi connectivity index (χ0) is 31.2. The molecule has 0 aliphatic carbocycles. The van der Waals surface area contributed by atoms with Gasteiger partial charge >= 0.3 is 0 Å². The zero-order valence-electron chi connectivity index (χ0n) is 27.9. The lowest BCUT2D eigenvalue weighted by Gasteiger charge is -2.63. The van der Waals surface area contributed by atoms with Crippen LogP contribution in [0.15, 0.2) is 0 Å². The molecule has 0 spiro atoms. The minimum atomic E-state index is -0.905. The van der Waals surface area contributed by atoms with Gasteiger partial charge in [0.2, 0.25) is 5.28 Å². The van der Waals surface area contributed by atoms with Crippen LogP contribution in [0.3, 0.4) is 0 Å². The molecule has 4 atom stereocenters. The van der Waals surface area contributed by atoms with Gasteiger partial charge in [0.05, 0.1) is 11.1 Å². The minimum Gasteiger partial charge on any atom is -0.385 e. The predicted octanol–water partition coefficient (Wildman–Crippen LogP) is 4.70. The maximum Gasteiger partial charge on any atom is 0.226 e. The monoisotopic (exact) mass is 595 g/mol. The average molecular weight is 596 g/mol. The molecule has 1 aromatic rings. The highest BCUT2D eigenvalue weighted by Crippen LogP contribution is 2.54. The first-order chi connectivity index (χ1) is 18.7. The molecule has 4 N–H and O–H groups in total.